The molecule has 0 saturated carbocycles. The molecule has 0 N–H and O–H groups in total. The highest BCUT2D eigenvalue weighted by Gasteiger charge is 2.32. The van der Waals surface area contributed by atoms with Gasteiger partial charge in [0.1, 0.15) is 0 Å². The lowest BCUT2D eigenvalue weighted by atomic mass is 10.1. The van der Waals surface area contributed by atoms with Gasteiger partial charge in [-0.25, -0.2) is 8.42 Å². The molecule has 2 heterocycles. The van der Waals surface area contributed by atoms with E-state index in [2.05, 4.69) is 4.90 Å². The van der Waals surface area contributed by atoms with Gasteiger partial charge >= 0.3 is 0 Å². The summed E-state index contributed by atoms with van der Waals surface area (Å²) < 4.78 is 27.5. The topological polar surface area (TPSA) is 60.9 Å². The van der Waals surface area contributed by atoms with Crippen LogP contribution in [0.2, 0.25) is 0 Å². The number of anilines is 1. The molecular formula is C20H23N3O3S. The lowest BCUT2D eigenvalue weighted by molar-refractivity contribution is 0.0664. The van der Waals surface area contributed by atoms with Gasteiger partial charge in [0.2, 0.25) is 0 Å². The van der Waals surface area contributed by atoms with E-state index in [0.717, 1.165) is 18.7 Å². The highest BCUT2D eigenvalue weighted by atomic mass is 32.2. The van der Waals surface area contributed by atoms with E-state index in [0.29, 0.717) is 37.3 Å². The van der Waals surface area contributed by atoms with Crippen LogP contribution in [0.15, 0.2) is 53.4 Å². The molecule has 2 aliphatic rings. The van der Waals surface area contributed by atoms with Crippen molar-refractivity contribution in [3.63, 3.8) is 0 Å². The van der Waals surface area contributed by atoms with Gasteiger partial charge in [0, 0.05) is 38.3 Å². The zero-order valence-electron chi connectivity index (χ0n) is 15.3. The number of hydrogen-bond acceptors (Lipinski definition) is 4. The molecule has 0 aliphatic carbocycles. The first-order valence-electron chi connectivity index (χ1n) is 9.15. The molecule has 1 fully saturated rings. The van der Waals surface area contributed by atoms with E-state index in [1.807, 2.05) is 24.1 Å². The molecule has 0 bridgehead atoms. The zero-order valence-corrected chi connectivity index (χ0v) is 16.2. The fourth-order valence-corrected chi connectivity index (χ4v) is 5.16. The number of rotatable bonds is 3. The first-order chi connectivity index (χ1) is 13.0. The number of carbonyl (C=O) groups excluding carboxylic acids is 1. The normalized spacial score (nSPS) is 17.8. The van der Waals surface area contributed by atoms with Gasteiger partial charge in [-0.2, -0.15) is 0 Å². The number of nitrogens with zero attached hydrogens (tertiary/aromatic N) is 3. The highest BCUT2D eigenvalue weighted by molar-refractivity contribution is 7.92. The Labute approximate surface area is 160 Å². The summed E-state index contributed by atoms with van der Waals surface area (Å²) in [7, 11) is -1.58. The van der Waals surface area contributed by atoms with Crippen LogP contribution in [0.25, 0.3) is 0 Å². The molecule has 0 radical (unpaired) electrons. The highest BCUT2D eigenvalue weighted by Crippen LogP contribution is 2.34. The number of sulfonamides is 1. The van der Waals surface area contributed by atoms with Gasteiger partial charge in [-0.1, -0.05) is 24.3 Å². The van der Waals surface area contributed by atoms with Crippen molar-refractivity contribution in [1.82, 2.24) is 9.80 Å². The van der Waals surface area contributed by atoms with Crippen LogP contribution < -0.4 is 4.31 Å². The van der Waals surface area contributed by atoms with Gasteiger partial charge in [-0.05, 0) is 43.3 Å². The van der Waals surface area contributed by atoms with Crippen LogP contribution in [-0.4, -0.2) is 63.9 Å². The summed E-state index contributed by atoms with van der Waals surface area (Å²) in [5, 5.41) is 0. The van der Waals surface area contributed by atoms with Crippen LogP contribution in [0.5, 0.6) is 0 Å². The maximum Gasteiger partial charge on any atom is 0.264 e. The van der Waals surface area contributed by atoms with Crippen LogP contribution in [0, 0.1) is 0 Å². The molecule has 1 amide bonds. The Balaban J connectivity index is 1.64. The summed E-state index contributed by atoms with van der Waals surface area (Å²) >= 11 is 0. The van der Waals surface area contributed by atoms with Crippen molar-refractivity contribution in [2.45, 2.75) is 11.3 Å². The maximum absolute atomic E-state index is 13.0. The van der Waals surface area contributed by atoms with Gasteiger partial charge in [0.25, 0.3) is 15.9 Å². The summed E-state index contributed by atoms with van der Waals surface area (Å²) in [6, 6.07) is 13.9. The third-order valence-electron chi connectivity index (χ3n) is 5.31. The van der Waals surface area contributed by atoms with Crippen LogP contribution >= 0.6 is 0 Å². The minimum Gasteiger partial charge on any atom is -0.336 e. The Hall–Kier alpha value is -2.38. The smallest absolute Gasteiger partial charge is 0.264 e. The van der Waals surface area contributed by atoms with Gasteiger partial charge in [0.05, 0.1) is 10.6 Å². The van der Waals surface area contributed by atoms with Gasteiger partial charge in [0.15, 0.2) is 0 Å². The fourth-order valence-electron chi connectivity index (χ4n) is 3.64. The molecular weight excluding hydrogens is 362 g/mol. The predicted octanol–water partition coefficient (Wildman–Crippen LogP) is 1.83. The third-order valence-corrected chi connectivity index (χ3v) is 7.13. The molecule has 2 aromatic carbocycles. The zero-order chi connectivity index (χ0) is 19.0. The summed E-state index contributed by atoms with van der Waals surface area (Å²) in [5.74, 6) is -0.0325. The molecule has 1 saturated heterocycles. The monoisotopic (exact) mass is 385 g/mol. The Morgan fingerprint density at radius 2 is 1.63 bits per heavy atom. The van der Waals surface area contributed by atoms with Crippen molar-refractivity contribution in [2.24, 2.45) is 0 Å². The summed E-state index contributed by atoms with van der Waals surface area (Å²) in [5.41, 5.74) is 2.14. The first-order valence-corrected chi connectivity index (χ1v) is 10.6. The number of amides is 1. The quantitative estimate of drug-likeness (QED) is 0.809. The largest absolute Gasteiger partial charge is 0.336 e. The fraction of sp³-hybridized carbons (Fsp3) is 0.350. The van der Waals surface area contributed by atoms with Gasteiger partial charge in [-0.3, -0.25) is 9.10 Å². The number of fused-ring (bicyclic) bond motifs is 1. The van der Waals surface area contributed by atoms with E-state index in [-0.39, 0.29) is 10.8 Å². The minimum absolute atomic E-state index is 0.0325. The summed E-state index contributed by atoms with van der Waals surface area (Å²) in [6.45, 7) is 3.49. The standard InChI is InChI=1S/C20H23N3O3S/c1-21-11-13-22(14-12-21)20(24)17-8-7-16-9-10-23(19(16)15-17)27(25,26)18-5-3-2-4-6-18/h2-8,15H,9-14H2,1H3. The summed E-state index contributed by atoms with van der Waals surface area (Å²) in [6.07, 6.45) is 0.657. The van der Waals surface area contributed by atoms with Crippen LogP contribution in [0.4, 0.5) is 5.69 Å². The SMILES string of the molecule is CN1CCN(C(=O)c2ccc3c(c2)N(S(=O)(=O)c2ccccc2)CC3)CC1. The number of carbonyl (C=O) groups is 1. The second-order valence-corrected chi connectivity index (χ2v) is 8.94. The molecule has 0 atom stereocenters. The first kappa shape index (κ1) is 18.0. The average molecular weight is 385 g/mol. The number of hydrogen-bond donors (Lipinski definition) is 0. The number of benzene rings is 2. The van der Waals surface area contributed by atoms with Crippen molar-refractivity contribution in [3.8, 4) is 0 Å². The van der Waals surface area contributed by atoms with E-state index in [1.54, 1.807) is 36.4 Å². The Bertz CT molecular complexity index is 952. The van der Waals surface area contributed by atoms with E-state index >= 15 is 0 Å². The number of piperazine rings is 1. The van der Waals surface area contributed by atoms with E-state index < -0.39 is 10.0 Å². The molecule has 142 valence electrons. The van der Waals surface area contributed by atoms with Gasteiger partial charge in [-0.15, -0.1) is 0 Å². The Kier molecular flexibility index (Phi) is 4.65. The molecule has 7 heteroatoms. The van der Waals surface area contributed by atoms with Crippen molar-refractivity contribution in [2.75, 3.05) is 44.1 Å². The van der Waals surface area contributed by atoms with Crippen molar-refractivity contribution >= 4 is 21.6 Å². The predicted molar refractivity (Wildman–Crippen MR) is 105 cm³/mol. The molecule has 2 aliphatic heterocycles. The molecule has 2 aromatic rings. The molecule has 27 heavy (non-hydrogen) atoms. The van der Waals surface area contributed by atoms with Crippen LogP contribution in [-0.2, 0) is 16.4 Å². The average Bonchev–Trinajstić information content (AvgIpc) is 3.13. The Morgan fingerprint density at radius 1 is 0.926 bits per heavy atom. The molecule has 0 spiro atoms. The molecule has 0 unspecified atom stereocenters. The second kappa shape index (κ2) is 6.98. The molecule has 0 aromatic heterocycles. The van der Waals surface area contributed by atoms with Crippen LogP contribution in [0.3, 0.4) is 0 Å². The van der Waals surface area contributed by atoms with Crippen molar-refractivity contribution in [1.29, 1.82) is 0 Å². The van der Waals surface area contributed by atoms with Crippen molar-refractivity contribution in [3.05, 3.63) is 59.7 Å². The Morgan fingerprint density at radius 3 is 2.33 bits per heavy atom. The van der Waals surface area contributed by atoms with E-state index in [1.165, 1.54) is 4.31 Å². The molecule has 4 rings (SSSR count). The summed E-state index contributed by atoms with van der Waals surface area (Å²) in [4.78, 5) is 17.2. The van der Waals surface area contributed by atoms with Crippen LogP contribution in [0.1, 0.15) is 15.9 Å². The third kappa shape index (κ3) is 3.33. The van der Waals surface area contributed by atoms with E-state index in [4.69, 9.17) is 0 Å². The van der Waals surface area contributed by atoms with E-state index in [9.17, 15) is 13.2 Å². The lowest BCUT2D eigenvalue weighted by Crippen LogP contribution is -2.47. The lowest BCUT2D eigenvalue weighted by Gasteiger charge is -2.32. The maximum atomic E-state index is 13.0. The van der Waals surface area contributed by atoms with Crippen molar-refractivity contribution < 1.29 is 13.2 Å². The van der Waals surface area contributed by atoms with Gasteiger partial charge < -0.3 is 9.80 Å². The number of likely N-dealkylation sites (N-methyl/N-ethyl adjacent to an activating group) is 1. The minimum atomic E-state index is -3.62. The molecule has 6 nitrogen and oxygen atoms in total. The second-order valence-electron chi connectivity index (χ2n) is 7.08.